The normalized spacial score (nSPS) is 15.7. The van der Waals surface area contributed by atoms with Gasteiger partial charge in [0.05, 0.1) is 0 Å². The SMILES string of the molecule is CC(=O)c1ccc(NC(=O)N2CCN(c3ccnc(Nc4ccc(OCCN5CCCC5)cc4)n3)CC2)cc1. The molecule has 2 amide bonds. The number of nitrogens with zero attached hydrogens (tertiary/aromatic N) is 5. The predicted octanol–water partition coefficient (Wildman–Crippen LogP) is 4.25. The number of rotatable bonds is 9. The summed E-state index contributed by atoms with van der Waals surface area (Å²) in [7, 11) is 0. The Morgan fingerprint density at radius 2 is 1.56 bits per heavy atom. The van der Waals surface area contributed by atoms with E-state index < -0.39 is 0 Å². The Morgan fingerprint density at radius 1 is 0.872 bits per heavy atom. The molecule has 1 aromatic heterocycles. The van der Waals surface area contributed by atoms with E-state index in [0.717, 1.165) is 23.8 Å². The third-order valence-corrected chi connectivity index (χ3v) is 7.06. The minimum Gasteiger partial charge on any atom is -0.492 e. The first-order valence-corrected chi connectivity index (χ1v) is 13.5. The maximum Gasteiger partial charge on any atom is 0.321 e. The molecule has 3 aromatic rings. The smallest absolute Gasteiger partial charge is 0.321 e. The van der Waals surface area contributed by atoms with Gasteiger partial charge in [-0.1, -0.05) is 0 Å². The number of amides is 2. The summed E-state index contributed by atoms with van der Waals surface area (Å²) in [4.78, 5) is 39.6. The Morgan fingerprint density at radius 3 is 2.26 bits per heavy atom. The second-order valence-electron chi connectivity index (χ2n) is 9.82. The van der Waals surface area contributed by atoms with Gasteiger partial charge in [-0.15, -0.1) is 0 Å². The van der Waals surface area contributed by atoms with E-state index in [1.165, 1.54) is 32.9 Å². The summed E-state index contributed by atoms with van der Waals surface area (Å²) in [6.45, 7) is 8.01. The van der Waals surface area contributed by atoms with Crippen molar-refractivity contribution in [1.29, 1.82) is 0 Å². The lowest BCUT2D eigenvalue weighted by molar-refractivity contribution is 0.101. The maximum absolute atomic E-state index is 12.7. The van der Waals surface area contributed by atoms with Crippen molar-refractivity contribution in [3.63, 3.8) is 0 Å². The zero-order chi connectivity index (χ0) is 27.0. The molecule has 0 spiro atoms. The van der Waals surface area contributed by atoms with Gasteiger partial charge in [0.1, 0.15) is 18.2 Å². The predicted molar refractivity (Wildman–Crippen MR) is 152 cm³/mol. The van der Waals surface area contributed by atoms with E-state index in [2.05, 4.69) is 30.4 Å². The number of anilines is 4. The van der Waals surface area contributed by atoms with Crippen molar-refractivity contribution in [2.45, 2.75) is 19.8 Å². The van der Waals surface area contributed by atoms with Crippen LogP contribution in [-0.4, -0.2) is 84.0 Å². The number of piperazine rings is 1. The number of nitrogens with one attached hydrogen (secondary N) is 2. The van der Waals surface area contributed by atoms with Crippen molar-refractivity contribution >= 4 is 35.0 Å². The standard InChI is InChI=1S/C29H35N7O3/c1-22(37)23-4-6-25(7-5-23)32-29(38)36-18-16-35(17-19-36)27-12-13-30-28(33-27)31-24-8-10-26(11-9-24)39-21-20-34-14-2-3-15-34/h4-13H,2-3,14-21H2,1H3,(H,32,38)(H,30,31,33). The molecule has 2 aliphatic heterocycles. The number of carbonyl (C=O) groups excluding carboxylic acids is 2. The number of hydrogen-bond donors (Lipinski definition) is 2. The largest absolute Gasteiger partial charge is 0.492 e. The van der Waals surface area contributed by atoms with E-state index in [1.807, 2.05) is 30.3 Å². The van der Waals surface area contributed by atoms with Crippen LogP contribution in [0.5, 0.6) is 5.75 Å². The molecule has 10 heteroatoms. The van der Waals surface area contributed by atoms with Crippen LogP contribution in [0.15, 0.2) is 60.8 Å². The van der Waals surface area contributed by atoms with Crippen molar-refractivity contribution < 1.29 is 14.3 Å². The molecule has 2 N–H and O–H groups in total. The lowest BCUT2D eigenvalue weighted by Crippen LogP contribution is -2.50. The van der Waals surface area contributed by atoms with Gasteiger partial charge < -0.3 is 25.2 Å². The maximum atomic E-state index is 12.7. The van der Waals surface area contributed by atoms with Crippen molar-refractivity contribution in [2.75, 3.05) is 68.0 Å². The molecule has 0 bridgehead atoms. The first-order chi connectivity index (χ1) is 19.0. The van der Waals surface area contributed by atoms with Crippen molar-refractivity contribution in [3.05, 3.63) is 66.4 Å². The van der Waals surface area contributed by atoms with Crippen LogP contribution >= 0.6 is 0 Å². The van der Waals surface area contributed by atoms with Gasteiger partial charge >= 0.3 is 6.03 Å². The molecule has 204 valence electrons. The van der Waals surface area contributed by atoms with Crippen LogP contribution in [0.3, 0.4) is 0 Å². The van der Waals surface area contributed by atoms with Gasteiger partial charge in [0, 0.05) is 55.9 Å². The Bertz CT molecular complexity index is 1250. The molecule has 10 nitrogen and oxygen atoms in total. The summed E-state index contributed by atoms with van der Waals surface area (Å²) in [6.07, 6.45) is 4.32. The van der Waals surface area contributed by atoms with Crippen LogP contribution in [-0.2, 0) is 0 Å². The topological polar surface area (TPSA) is 103 Å². The molecule has 2 fully saturated rings. The number of ether oxygens (including phenoxy) is 1. The van der Waals surface area contributed by atoms with Gasteiger partial charge in [-0.25, -0.2) is 9.78 Å². The number of benzene rings is 2. The minimum absolute atomic E-state index is 0.00167. The lowest BCUT2D eigenvalue weighted by atomic mass is 10.1. The molecular weight excluding hydrogens is 494 g/mol. The van der Waals surface area contributed by atoms with E-state index in [4.69, 9.17) is 4.74 Å². The fourth-order valence-electron chi connectivity index (χ4n) is 4.78. The van der Waals surface area contributed by atoms with Crippen LogP contribution in [0.25, 0.3) is 0 Å². The highest BCUT2D eigenvalue weighted by Gasteiger charge is 2.22. The van der Waals surface area contributed by atoms with Crippen molar-refractivity contribution in [3.8, 4) is 5.75 Å². The van der Waals surface area contributed by atoms with Crippen LogP contribution in [0, 0.1) is 0 Å². The molecule has 2 saturated heterocycles. The summed E-state index contributed by atoms with van der Waals surface area (Å²) >= 11 is 0. The van der Waals surface area contributed by atoms with Gasteiger partial charge in [-0.3, -0.25) is 9.69 Å². The van der Waals surface area contributed by atoms with E-state index in [-0.39, 0.29) is 11.8 Å². The quantitative estimate of drug-likeness (QED) is 0.397. The molecule has 0 radical (unpaired) electrons. The van der Waals surface area contributed by atoms with Crippen LogP contribution in [0.2, 0.25) is 0 Å². The minimum atomic E-state index is -0.154. The van der Waals surface area contributed by atoms with E-state index in [9.17, 15) is 9.59 Å². The van der Waals surface area contributed by atoms with Crippen molar-refractivity contribution in [1.82, 2.24) is 19.8 Å². The summed E-state index contributed by atoms with van der Waals surface area (Å²) in [6, 6.07) is 16.5. The Kier molecular flexibility index (Phi) is 8.52. The molecule has 0 unspecified atom stereocenters. The summed E-state index contributed by atoms with van der Waals surface area (Å²) < 4.78 is 5.89. The molecule has 0 saturated carbocycles. The number of urea groups is 1. The molecule has 2 aromatic carbocycles. The Balaban J connectivity index is 1.09. The number of carbonyl (C=O) groups is 2. The lowest BCUT2D eigenvalue weighted by Gasteiger charge is -2.35. The average molecular weight is 530 g/mol. The van der Waals surface area contributed by atoms with E-state index >= 15 is 0 Å². The van der Waals surface area contributed by atoms with Gasteiger partial charge in [-0.2, -0.15) is 4.98 Å². The third kappa shape index (κ3) is 7.23. The first-order valence-electron chi connectivity index (χ1n) is 13.5. The highest BCUT2D eigenvalue weighted by Crippen LogP contribution is 2.21. The molecule has 2 aliphatic rings. The summed E-state index contributed by atoms with van der Waals surface area (Å²) in [5.74, 6) is 2.18. The highest BCUT2D eigenvalue weighted by molar-refractivity contribution is 5.95. The Labute approximate surface area is 229 Å². The fraction of sp³-hybridized carbons (Fsp3) is 0.379. The molecule has 3 heterocycles. The highest BCUT2D eigenvalue weighted by atomic mass is 16.5. The summed E-state index contributed by atoms with van der Waals surface area (Å²) in [5, 5.41) is 6.18. The monoisotopic (exact) mass is 529 g/mol. The van der Waals surface area contributed by atoms with Crippen LogP contribution < -0.4 is 20.3 Å². The van der Waals surface area contributed by atoms with Gasteiger partial charge in [0.2, 0.25) is 5.95 Å². The summed E-state index contributed by atoms with van der Waals surface area (Å²) in [5.41, 5.74) is 2.17. The van der Waals surface area contributed by atoms with E-state index in [0.29, 0.717) is 50.0 Å². The number of likely N-dealkylation sites (tertiary alicyclic amines) is 1. The van der Waals surface area contributed by atoms with Crippen LogP contribution in [0.1, 0.15) is 30.1 Å². The zero-order valence-electron chi connectivity index (χ0n) is 22.3. The molecule has 0 atom stereocenters. The van der Waals surface area contributed by atoms with Crippen LogP contribution in [0.4, 0.5) is 27.9 Å². The fourth-order valence-corrected chi connectivity index (χ4v) is 4.78. The first kappa shape index (κ1) is 26.4. The van der Waals surface area contributed by atoms with E-state index in [1.54, 1.807) is 35.4 Å². The number of ketones is 1. The molecule has 0 aliphatic carbocycles. The number of aromatic nitrogens is 2. The third-order valence-electron chi connectivity index (χ3n) is 7.06. The van der Waals surface area contributed by atoms with Gasteiger partial charge in [0.15, 0.2) is 5.78 Å². The Hall–Kier alpha value is -4.18. The number of hydrogen-bond acceptors (Lipinski definition) is 8. The molecular formula is C29H35N7O3. The van der Waals surface area contributed by atoms with Crippen molar-refractivity contribution in [2.24, 2.45) is 0 Å². The molecule has 5 rings (SSSR count). The second kappa shape index (κ2) is 12.6. The average Bonchev–Trinajstić information content (AvgIpc) is 3.48. The van der Waals surface area contributed by atoms with Gasteiger partial charge in [-0.05, 0) is 87.5 Å². The zero-order valence-corrected chi connectivity index (χ0v) is 22.3. The second-order valence-corrected chi connectivity index (χ2v) is 9.82. The van der Waals surface area contributed by atoms with Gasteiger partial charge in [0.25, 0.3) is 0 Å². The molecule has 39 heavy (non-hydrogen) atoms. The number of Topliss-reactive ketones (excluding diaryl/α,β-unsaturated/α-hetero) is 1.